The first-order valence-corrected chi connectivity index (χ1v) is 14.2. The zero-order chi connectivity index (χ0) is 26.0. The molecule has 0 saturated carbocycles. The number of carbonyl (C=O) groups is 2. The van der Waals surface area contributed by atoms with Crippen LogP contribution in [-0.4, -0.2) is 57.1 Å². The van der Waals surface area contributed by atoms with Gasteiger partial charge in [-0.1, -0.05) is 68.3 Å². The van der Waals surface area contributed by atoms with Gasteiger partial charge in [0.05, 0.1) is 11.9 Å². The van der Waals surface area contributed by atoms with Crippen LogP contribution in [0.4, 0.5) is 5.69 Å². The molecule has 0 heterocycles. The number of hydrogen-bond acceptors (Lipinski definition) is 4. The Labute approximate surface area is 214 Å². The molecule has 1 N–H and O–H groups in total. The SMILES string of the molecule is CCCCNC(=O)C(CC)N(CCc1ccccc1)C(=O)CN(c1ccc(C)c(Cl)c1)S(C)(=O)=O. The van der Waals surface area contributed by atoms with Gasteiger partial charge in [-0.05, 0) is 49.4 Å². The molecule has 1 unspecified atom stereocenters. The number of halogens is 1. The molecule has 2 amide bonds. The van der Waals surface area contributed by atoms with Gasteiger partial charge in [-0.3, -0.25) is 13.9 Å². The van der Waals surface area contributed by atoms with Crippen LogP contribution in [0.2, 0.25) is 5.02 Å². The Hall–Kier alpha value is -2.58. The molecule has 2 aromatic rings. The predicted molar refractivity (Wildman–Crippen MR) is 142 cm³/mol. The van der Waals surface area contributed by atoms with Gasteiger partial charge in [-0.15, -0.1) is 0 Å². The zero-order valence-electron chi connectivity index (χ0n) is 21.0. The van der Waals surface area contributed by atoms with Crippen LogP contribution in [-0.2, 0) is 26.0 Å². The van der Waals surface area contributed by atoms with E-state index in [0.717, 1.165) is 34.5 Å². The van der Waals surface area contributed by atoms with Crippen LogP contribution in [0.25, 0.3) is 0 Å². The molecule has 2 rings (SSSR count). The largest absolute Gasteiger partial charge is 0.354 e. The Kier molecular flexibility index (Phi) is 11.0. The number of rotatable bonds is 13. The maximum Gasteiger partial charge on any atom is 0.244 e. The van der Waals surface area contributed by atoms with Crippen molar-refractivity contribution >= 4 is 39.1 Å². The molecule has 7 nitrogen and oxygen atoms in total. The zero-order valence-corrected chi connectivity index (χ0v) is 22.5. The van der Waals surface area contributed by atoms with Gasteiger partial charge in [-0.25, -0.2) is 8.42 Å². The Bertz CT molecular complexity index is 1090. The number of unbranched alkanes of at least 4 members (excludes halogenated alkanes) is 1. The number of nitrogens with one attached hydrogen (secondary N) is 1. The van der Waals surface area contributed by atoms with Gasteiger partial charge >= 0.3 is 0 Å². The summed E-state index contributed by atoms with van der Waals surface area (Å²) in [4.78, 5) is 28.1. The Morgan fingerprint density at radius 3 is 2.34 bits per heavy atom. The number of nitrogens with zero attached hydrogens (tertiary/aromatic N) is 2. The molecule has 0 aliphatic carbocycles. The van der Waals surface area contributed by atoms with E-state index in [1.807, 2.05) is 51.1 Å². The average Bonchev–Trinajstić information content (AvgIpc) is 2.82. The maximum atomic E-state index is 13.6. The monoisotopic (exact) mass is 521 g/mol. The van der Waals surface area contributed by atoms with Crippen molar-refractivity contribution in [2.75, 3.05) is 30.2 Å². The summed E-state index contributed by atoms with van der Waals surface area (Å²) >= 11 is 6.23. The molecule has 35 heavy (non-hydrogen) atoms. The fraction of sp³-hybridized carbons (Fsp3) is 0.462. The van der Waals surface area contributed by atoms with Crippen molar-refractivity contribution in [2.24, 2.45) is 0 Å². The van der Waals surface area contributed by atoms with E-state index in [1.54, 1.807) is 12.1 Å². The summed E-state index contributed by atoms with van der Waals surface area (Å²) < 4.78 is 26.3. The predicted octanol–water partition coefficient (Wildman–Crippen LogP) is 4.18. The minimum Gasteiger partial charge on any atom is -0.354 e. The van der Waals surface area contributed by atoms with Crippen molar-refractivity contribution in [3.8, 4) is 0 Å². The Balaban J connectivity index is 2.34. The highest BCUT2D eigenvalue weighted by atomic mass is 35.5. The summed E-state index contributed by atoms with van der Waals surface area (Å²) in [5, 5.41) is 3.32. The van der Waals surface area contributed by atoms with Gasteiger partial charge in [0.25, 0.3) is 0 Å². The van der Waals surface area contributed by atoms with Gasteiger partial charge < -0.3 is 10.2 Å². The molecule has 0 fully saturated rings. The minimum absolute atomic E-state index is 0.230. The van der Waals surface area contributed by atoms with Crippen LogP contribution in [0.3, 0.4) is 0 Å². The number of aryl methyl sites for hydroxylation is 1. The van der Waals surface area contributed by atoms with Gasteiger partial charge in [-0.2, -0.15) is 0 Å². The first-order valence-electron chi connectivity index (χ1n) is 11.9. The van der Waals surface area contributed by atoms with E-state index >= 15 is 0 Å². The number of carbonyl (C=O) groups excluding carboxylic acids is 2. The fourth-order valence-electron chi connectivity index (χ4n) is 3.75. The van der Waals surface area contributed by atoms with E-state index in [9.17, 15) is 18.0 Å². The number of sulfonamides is 1. The van der Waals surface area contributed by atoms with E-state index in [-0.39, 0.29) is 12.5 Å². The van der Waals surface area contributed by atoms with Crippen LogP contribution in [0.1, 0.15) is 44.2 Å². The fourth-order valence-corrected chi connectivity index (χ4v) is 4.77. The lowest BCUT2D eigenvalue weighted by atomic mass is 10.1. The quantitative estimate of drug-likeness (QED) is 0.400. The third kappa shape index (κ3) is 8.54. The molecule has 0 radical (unpaired) electrons. The van der Waals surface area contributed by atoms with Gasteiger partial charge in [0.2, 0.25) is 21.8 Å². The van der Waals surface area contributed by atoms with E-state index < -0.39 is 28.5 Å². The van der Waals surface area contributed by atoms with Crippen molar-refractivity contribution < 1.29 is 18.0 Å². The average molecular weight is 522 g/mol. The van der Waals surface area contributed by atoms with Crippen molar-refractivity contribution in [1.82, 2.24) is 10.2 Å². The third-order valence-corrected chi connectivity index (χ3v) is 7.37. The highest BCUT2D eigenvalue weighted by Crippen LogP contribution is 2.25. The second-order valence-electron chi connectivity index (χ2n) is 8.59. The topological polar surface area (TPSA) is 86.8 Å². The second-order valence-corrected chi connectivity index (χ2v) is 10.9. The van der Waals surface area contributed by atoms with E-state index in [0.29, 0.717) is 30.1 Å². The number of hydrogen-bond donors (Lipinski definition) is 1. The highest BCUT2D eigenvalue weighted by Gasteiger charge is 2.31. The van der Waals surface area contributed by atoms with E-state index in [2.05, 4.69) is 5.32 Å². The standard InChI is InChI=1S/C26H36ClN3O4S/c1-5-7-16-28-26(32)24(6-2)29(17-15-21-11-9-8-10-12-21)25(31)19-30(35(4,33)34)22-14-13-20(3)23(27)18-22/h8-14,18,24H,5-7,15-17,19H2,1-4H3,(H,28,32). The third-order valence-electron chi connectivity index (χ3n) is 5.82. The summed E-state index contributed by atoms with van der Waals surface area (Å²) in [6, 6.07) is 13.8. The smallest absolute Gasteiger partial charge is 0.244 e. The lowest BCUT2D eigenvalue weighted by Gasteiger charge is -2.33. The molecule has 192 valence electrons. The van der Waals surface area contributed by atoms with E-state index in [1.165, 1.54) is 11.0 Å². The highest BCUT2D eigenvalue weighted by molar-refractivity contribution is 7.92. The molecule has 1 atom stereocenters. The molecule has 0 spiro atoms. The molecule has 0 saturated heterocycles. The summed E-state index contributed by atoms with van der Waals surface area (Å²) in [5.74, 6) is -0.674. The molecular weight excluding hydrogens is 486 g/mol. The Morgan fingerprint density at radius 2 is 1.77 bits per heavy atom. The molecule has 9 heteroatoms. The lowest BCUT2D eigenvalue weighted by Crippen LogP contribution is -2.53. The summed E-state index contributed by atoms with van der Waals surface area (Å²) in [5.41, 5.74) is 2.13. The number of benzene rings is 2. The van der Waals surface area contributed by atoms with Gasteiger partial charge in [0, 0.05) is 18.1 Å². The van der Waals surface area contributed by atoms with Crippen molar-refractivity contribution in [3.05, 3.63) is 64.7 Å². The van der Waals surface area contributed by atoms with Crippen LogP contribution in [0.5, 0.6) is 0 Å². The van der Waals surface area contributed by atoms with Crippen LogP contribution >= 0.6 is 11.6 Å². The summed E-state index contributed by atoms with van der Waals surface area (Å²) in [6.07, 6.45) is 3.79. The molecule has 0 aliphatic heterocycles. The van der Waals surface area contributed by atoms with Crippen LogP contribution < -0.4 is 9.62 Å². The minimum atomic E-state index is -3.79. The van der Waals surface area contributed by atoms with Crippen molar-refractivity contribution in [2.45, 2.75) is 52.5 Å². The molecule has 0 aliphatic rings. The van der Waals surface area contributed by atoms with Crippen LogP contribution in [0, 0.1) is 6.92 Å². The summed E-state index contributed by atoms with van der Waals surface area (Å²) in [7, 11) is -3.79. The van der Waals surface area contributed by atoms with Crippen LogP contribution in [0.15, 0.2) is 48.5 Å². The molecular formula is C26H36ClN3O4S. The van der Waals surface area contributed by atoms with Gasteiger partial charge in [0.15, 0.2) is 0 Å². The molecule has 0 bridgehead atoms. The molecule has 2 aromatic carbocycles. The number of amides is 2. The first-order chi connectivity index (χ1) is 16.6. The van der Waals surface area contributed by atoms with Gasteiger partial charge in [0.1, 0.15) is 12.6 Å². The second kappa shape index (κ2) is 13.5. The molecule has 0 aromatic heterocycles. The summed E-state index contributed by atoms with van der Waals surface area (Å²) in [6.45, 7) is 6.10. The number of anilines is 1. The maximum absolute atomic E-state index is 13.6. The normalized spacial score (nSPS) is 12.1. The van der Waals surface area contributed by atoms with Crippen molar-refractivity contribution in [3.63, 3.8) is 0 Å². The Morgan fingerprint density at radius 1 is 1.09 bits per heavy atom. The van der Waals surface area contributed by atoms with E-state index in [4.69, 9.17) is 11.6 Å². The first kappa shape index (κ1) is 28.7. The lowest BCUT2D eigenvalue weighted by molar-refractivity contribution is -0.139. The van der Waals surface area contributed by atoms with Crippen molar-refractivity contribution in [1.29, 1.82) is 0 Å².